The summed E-state index contributed by atoms with van der Waals surface area (Å²) in [6, 6.07) is 21.7. The molecule has 4 N–H and O–H groups in total. The Morgan fingerprint density at radius 3 is 2.29 bits per heavy atom. The van der Waals surface area contributed by atoms with Crippen LogP contribution in [-0.4, -0.2) is 100 Å². The molecule has 7 rings (SSSR count). The van der Waals surface area contributed by atoms with Crippen molar-refractivity contribution in [3.05, 3.63) is 102 Å². The lowest BCUT2D eigenvalue weighted by Crippen LogP contribution is -2.53. The van der Waals surface area contributed by atoms with Crippen molar-refractivity contribution in [3.8, 4) is 28.1 Å². The molecular formula is C49H58N8O8. The van der Waals surface area contributed by atoms with Gasteiger partial charge in [-0.1, -0.05) is 76.2 Å². The third kappa shape index (κ3) is 10.2. The number of benzene rings is 4. The van der Waals surface area contributed by atoms with E-state index in [4.69, 9.17) is 23.9 Å². The van der Waals surface area contributed by atoms with Crippen LogP contribution in [0.1, 0.15) is 69.9 Å². The molecule has 0 fully saturated rings. The number of nitrogens with one attached hydrogen (secondary N) is 4. The second kappa shape index (κ2) is 20.3. The number of methoxy groups -OCH3 is 3. The lowest BCUT2D eigenvalue weighted by atomic mass is 9.92. The highest BCUT2D eigenvalue weighted by atomic mass is 16.5. The second-order valence-corrected chi connectivity index (χ2v) is 17.0. The summed E-state index contributed by atoms with van der Waals surface area (Å²) >= 11 is 0. The summed E-state index contributed by atoms with van der Waals surface area (Å²) < 4.78 is 21.5. The van der Waals surface area contributed by atoms with Crippen molar-refractivity contribution in [2.45, 2.75) is 78.9 Å². The number of hydrogen-bond donors (Lipinski definition) is 4. The normalized spacial score (nSPS) is 13.8. The molecule has 0 saturated carbocycles. The van der Waals surface area contributed by atoms with E-state index >= 15 is 0 Å². The Labute approximate surface area is 378 Å². The highest BCUT2D eigenvalue weighted by Crippen LogP contribution is 2.42. The first-order valence-electron chi connectivity index (χ1n) is 21.9. The van der Waals surface area contributed by atoms with E-state index < -0.39 is 24.3 Å². The first kappa shape index (κ1) is 46.1. The van der Waals surface area contributed by atoms with Gasteiger partial charge in [0.2, 0.25) is 11.8 Å². The molecule has 6 aromatic rings. The number of ether oxygens (including phenoxy) is 4. The number of carbonyl (C=O) groups is 4. The Hall–Kier alpha value is -6.94. The van der Waals surface area contributed by atoms with Gasteiger partial charge in [0.1, 0.15) is 36.1 Å². The van der Waals surface area contributed by atoms with E-state index in [1.807, 2.05) is 71.0 Å². The van der Waals surface area contributed by atoms with Crippen LogP contribution in [-0.2, 0) is 43.5 Å². The zero-order valence-electron chi connectivity index (χ0n) is 38.2. The minimum atomic E-state index is -0.971. The van der Waals surface area contributed by atoms with Gasteiger partial charge in [-0.05, 0) is 77.1 Å². The number of H-pyrrole nitrogens is 2. The summed E-state index contributed by atoms with van der Waals surface area (Å²) in [5.74, 6) is 1.29. The molecule has 3 heterocycles. The van der Waals surface area contributed by atoms with Gasteiger partial charge < -0.3 is 49.3 Å². The van der Waals surface area contributed by atoms with Gasteiger partial charge in [-0.2, -0.15) is 0 Å². The third-order valence-corrected chi connectivity index (χ3v) is 11.9. The van der Waals surface area contributed by atoms with E-state index in [2.05, 4.69) is 49.9 Å². The zero-order chi connectivity index (χ0) is 46.4. The van der Waals surface area contributed by atoms with Crippen LogP contribution in [0.2, 0.25) is 0 Å². The van der Waals surface area contributed by atoms with Crippen molar-refractivity contribution in [1.29, 1.82) is 0 Å². The molecule has 4 aromatic carbocycles. The predicted molar refractivity (Wildman–Crippen MR) is 247 cm³/mol. The Balaban J connectivity index is 1.12. The van der Waals surface area contributed by atoms with Gasteiger partial charge in [0.25, 0.3) is 0 Å². The number of nitrogens with zero attached hydrogens (tertiary/aromatic N) is 4. The number of fused-ring (bicyclic) bond motifs is 6. The molecule has 0 saturated heterocycles. The fourth-order valence-corrected chi connectivity index (χ4v) is 8.30. The average molecular weight is 887 g/mol. The van der Waals surface area contributed by atoms with Gasteiger partial charge in [0, 0.05) is 30.6 Å². The molecule has 1 aliphatic heterocycles. The van der Waals surface area contributed by atoms with E-state index in [9.17, 15) is 19.2 Å². The molecule has 0 bridgehead atoms. The molecule has 342 valence electrons. The molecule has 4 amide bonds. The van der Waals surface area contributed by atoms with Crippen LogP contribution in [0.3, 0.4) is 0 Å². The van der Waals surface area contributed by atoms with Crippen molar-refractivity contribution >= 4 is 45.8 Å². The predicted octanol–water partition coefficient (Wildman–Crippen LogP) is 7.88. The molecular weight excluding hydrogens is 829 g/mol. The van der Waals surface area contributed by atoms with Gasteiger partial charge >= 0.3 is 12.2 Å². The van der Waals surface area contributed by atoms with E-state index in [1.54, 1.807) is 35.2 Å². The molecule has 16 heteroatoms. The number of carbonyl (C=O) groups excluding carboxylic acids is 4. The molecule has 0 spiro atoms. The van der Waals surface area contributed by atoms with Crippen LogP contribution in [0.25, 0.3) is 44.2 Å². The fourth-order valence-electron chi connectivity index (χ4n) is 8.30. The number of aromatic nitrogens is 4. The molecule has 16 nitrogen and oxygen atoms in total. The Bertz CT molecular complexity index is 2660. The molecule has 4 atom stereocenters. The maximum atomic E-state index is 14.2. The number of aromatic amines is 2. The summed E-state index contributed by atoms with van der Waals surface area (Å²) in [5, 5.41) is 7.33. The number of rotatable bonds is 17. The van der Waals surface area contributed by atoms with Gasteiger partial charge in [-0.25, -0.2) is 19.6 Å². The Morgan fingerprint density at radius 1 is 0.831 bits per heavy atom. The van der Waals surface area contributed by atoms with Crippen molar-refractivity contribution < 1.29 is 38.1 Å². The van der Waals surface area contributed by atoms with Crippen LogP contribution in [0, 0.1) is 11.8 Å². The Kier molecular flexibility index (Phi) is 14.4. The van der Waals surface area contributed by atoms with Gasteiger partial charge in [-0.15, -0.1) is 0 Å². The van der Waals surface area contributed by atoms with E-state index in [0.717, 1.165) is 61.9 Å². The molecule has 0 unspecified atom stereocenters. The number of hydrogen-bond acceptors (Lipinski definition) is 10. The van der Waals surface area contributed by atoms with Crippen molar-refractivity contribution in [1.82, 2.24) is 40.4 Å². The topological polar surface area (TPSA) is 193 Å². The highest BCUT2D eigenvalue weighted by molar-refractivity contribution is 6.07. The average Bonchev–Trinajstić information content (AvgIpc) is 3.97. The van der Waals surface area contributed by atoms with Crippen molar-refractivity contribution in [3.63, 3.8) is 0 Å². The first-order valence-corrected chi connectivity index (χ1v) is 21.9. The van der Waals surface area contributed by atoms with Crippen LogP contribution in [0.15, 0.2) is 79.0 Å². The zero-order valence-corrected chi connectivity index (χ0v) is 38.2. The number of imidazole rings is 2. The van der Waals surface area contributed by atoms with Crippen LogP contribution in [0.4, 0.5) is 9.59 Å². The van der Waals surface area contributed by atoms with E-state index in [-0.39, 0.29) is 42.8 Å². The highest BCUT2D eigenvalue weighted by Gasteiger charge is 2.33. The minimum absolute atomic E-state index is 0.000844. The minimum Gasteiger partial charge on any atom is -0.488 e. The van der Waals surface area contributed by atoms with Crippen molar-refractivity contribution in [2.24, 2.45) is 11.8 Å². The quantitative estimate of drug-likeness (QED) is 0.0700. The van der Waals surface area contributed by atoms with Crippen molar-refractivity contribution in [2.75, 3.05) is 34.5 Å². The largest absolute Gasteiger partial charge is 0.488 e. The van der Waals surface area contributed by atoms with Crippen LogP contribution < -0.4 is 15.4 Å². The summed E-state index contributed by atoms with van der Waals surface area (Å²) in [4.78, 5) is 72.6. The third-order valence-electron chi connectivity index (χ3n) is 11.9. The van der Waals surface area contributed by atoms with E-state index in [0.29, 0.717) is 37.0 Å². The molecule has 1 aliphatic rings. The number of amides is 4. The maximum Gasteiger partial charge on any atom is 0.407 e. The van der Waals surface area contributed by atoms with Gasteiger partial charge in [-0.3, -0.25) is 9.59 Å². The molecule has 65 heavy (non-hydrogen) atoms. The van der Waals surface area contributed by atoms with Crippen LogP contribution >= 0.6 is 0 Å². The van der Waals surface area contributed by atoms with Crippen LogP contribution in [0.5, 0.6) is 5.75 Å². The lowest BCUT2D eigenvalue weighted by Gasteiger charge is -2.33. The fraction of sp³-hybridized carbons (Fsp3) is 0.388. The molecule has 2 aromatic heterocycles. The SMILES string of the molecule is CC[C@H](C)N(Cc1nc2c(ccc3cc4c(cc32)OCc2cc(-c3cnc(CN(C[C@H](C)COC)C(=O)[C@H](NC(=O)OC)c5ccccc5)[nH]3)ccc2-4)[nH]1)C(=O)[C@@H](NC(=O)OC)C(C)C. The molecule has 0 radical (unpaired) electrons. The van der Waals surface area contributed by atoms with E-state index in [1.165, 1.54) is 14.2 Å². The van der Waals surface area contributed by atoms with Gasteiger partial charge in [0.15, 0.2) is 0 Å². The standard InChI is InChI=1S/C49H58N8O8/c1-9-30(5)57(47(59)43(28(2)3)54-48(60)63-7)25-42-51-38-18-16-32-20-37-35-17-15-33(19-34(35)27-65-40(37)21-36(32)45(38)53-42)39-22-50-41(52-39)24-56(23-29(4)26-62-6)46(58)44(55-49(61)64-8)31-13-11-10-12-14-31/h10-22,28-30,43-44H,9,23-27H2,1-8H3,(H,50,52)(H,51,53)(H,54,60)(H,55,61)/t29-,30-,43-,44+/m0/s1. The number of alkyl carbamates (subject to hydrolysis) is 2. The molecule has 0 aliphatic carbocycles. The second-order valence-electron chi connectivity index (χ2n) is 17.0. The monoisotopic (exact) mass is 886 g/mol. The maximum absolute atomic E-state index is 14.2. The summed E-state index contributed by atoms with van der Waals surface area (Å²) in [7, 11) is 4.17. The summed E-state index contributed by atoms with van der Waals surface area (Å²) in [5.41, 5.74) is 6.95. The lowest BCUT2D eigenvalue weighted by molar-refractivity contribution is -0.137. The summed E-state index contributed by atoms with van der Waals surface area (Å²) in [6.07, 6.45) is 1.12. The Morgan fingerprint density at radius 2 is 1.58 bits per heavy atom. The smallest absolute Gasteiger partial charge is 0.407 e. The summed E-state index contributed by atoms with van der Waals surface area (Å²) in [6.45, 7) is 11.3. The first-order chi connectivity index (χ1) is 31.3. The van der Waals surface area contributed by atoms with Gasteiger partial charge in [0.05, 0.1) is 56.8 Å².